The summed E-state index contributed by atoms with van der Waals surface area (Å²) in [7, 11) is 0. The Bertz CT molecular complexity index is 331. The molecular weight excluding hydrogens is 162 g/mol. The standard InChI is InChI=1S/C11H13NO/c12-8-7-10-6-5-9-3-1-2-4-11(9)13-10/h1-4,6H,5,7-8,12H2. The van der Waals surface area contributed by atoms with Crippen LogP contribution >= 0.6 is 0 Å². The molecule has 0 fully saturated rings. The fourth-order valence-corrected chi connectivity index (χ4v) is 1.47. The molecule has 0 aliphatic carbocycles. The molecule has 1 aromatic rings. The van der Waals surface area contributed by atoms with Crippen molar-refractivity contribution in [1.82, 2.24) is 0 Å². The van der Waals surface area contributed by atoms with Gasteiger partial charge in [0.1, 0.15) is 11.5 Å². The molecule has 0 aromatic heterocycles. The van der Waals surface area contributed by atoms with E-state index in [0.717, 1.165) is 24.4 Å². The number of benzene rings is 1. The first-order valence-electron chi connectivity index (χ1n) is 4.55. The molecule has 0 spiro atoms. The lowest BCUT2D eigenvalue weighted by Crippen LogP contribution is -2.09. The maximum atomic E-state index is 5.65. The van der Waals surface area contributed by atoms with Gasteiger partial charge in [-0.2, -0.15) is 0 Å². The summed E-state index contributed by atoms with van der Waals surface area (Å²) in [5, 5.41) is 0. The van der Waals surface area contributed by atoms with Gasteiger partial charge < -0.3 is 10.5 Å². The van der Waals surface area contributed by atoms with Crippen LogP contribution in [0, 0.1) is 0 Å². The first-order chi connectivity index (χ1) is 6.40. The predicted octanol–water partition coefficient (Wildman–Crippen LogP) is 1.85. The molecule has 2 N–H and O–H groups in total. The molecule has 2 heteroatoms. The van der Waals surface area contributed by atoms with Gasteiger partial charge in [0, 0.05) is 6.42 Å². The minimum absolute atomic E-state index is 0.647. The second-order valence-corrected chi connectivity index (χ2v) is 3.12. The van der Waals surface area contributed by atoms with E-state index in [-0.39, 0.29) is 0 Å². The summed E-state index contributed by atoms with van der Waals surface area (Å²) in [6.07, 6.45) is 3.90. The summed E-state index contributed by atoms with van der Waals surface area (Å²) >= 11 is 0. The van der Waals surface area contributed by atoms with Crippen LogP contribution in [0.1, 0.15) is 12.0 Å². The summed E-state index contributed by atoms with van der Waals surface area (Å²) in [4.78, 5) is 0. The van der Waals surface area contributed by atoms with Crippen LogP contribution in [0.15, 0.2) is 36.1 Å². The quantitative estimate of drug-likeness (QED) is 0.744. The van der Waals surface area contributed by atoms with E-state index in [0.29, 0.717) is 6.54 Å². The monoisotopic (exact) mass is 175 g/mol. The average molecular weight is 175 g/mol. The van der Waals surface area contributed by atoms with E-state index in [4.69, 9.17) is 10.5 Å². The maximum absolute atomic E-state index is 5.65. The Morgan fingerprint density at radius 3 is 3.00 bits per heavy atom. The molecule has 1 heterocycles. The summed E-state index contributed by atoms with van der Waals surface area (Å²) in [5.74, 6) is 1.98. The SMILES string of the molecule is NCCC1=CCc2ccccc2O1. The van der Waals surface area contributed by atoms with Gasteiger partial charge in [-0.05, 0) is 30.7 Å². The van der Waals surface area contributed by atoms with E-state index >= 15 is 0 Å². The molecule has 0 saturated heterocycles. The third-order valence-electron chi connectivity index (χ3n) is 2.15. The van der Waals surface area contributed by atoms with Crippen LogP contribution in [-0.4, -0.2) is 6.54 Å². The highest BCUT2D eigenvalue weighted by Crippen LogP contribution is 2.26. The van der Waals surface area contributed by atoms with Gasteiger partial charge >= 0.3 is 0 Å². The normalized spacial score (nSPS) is 14.4. The Morgan fingerprint density at radius 2 is 2.15 bits per heavy atom. The molecule has 0 bridgehead atoms. The number of para-hydroxylation sites is 1. The Balaban J connectivity index is 2.18. The Hall–Kier alpha value is -1.28. The zero-order valence-corrected chi connectivity index (χ0v) is 7.49. The van der Waals surface area contributed by atoms with Crippen molar-refractivity contribution in [2.24, 2.45) is 5.73 Å². The number of hydrogen-bond acceptors (Lipinski definition) is 2. The summed E-state index contributed by atoms with van der Waals surface area (Å²) < 4.78 is 5.65. The predicted molar refractivity (Wildman–Crippen MR) is 52.5 cm³/mol. The zero-order valence-electron chi connectivity index (χ0n) is 7.49. The van der Waals surface area contributed by atoms with Crippen molar-refractivity contribution < 1.29 is 4.74 Å². The van der Waals surface area contributed by atoms with Crippen molar-refractivity contribution in [2.75, 3.05) is 6.54 Å². The van der Waals surface area contributed by atoms with Gasteiger partial charge in [0.05, 0.1) is 0 Å². The molecule has 2 rings (SSSR count). The Labute approximate surface area is 78.0 Å². The topological polar surface area (TPSA) is 35.2 Å². The van der Waals surface area contributed by atoms with Crippen molar-refractivity contribution in [3.8, 4) is 5.75 Å². The van der Waals surface area contributed by atoms with Crippen LogP contribution < -0.4 is 10.5 Å². The summed E-state index contributed by atoms with van der Waals surface area (Å²) in [6, 6.07) is 8.11. The highest BCUT2D eigenvalue weighted by atomic mass is 16.5. The number of allylic oxidation sites excluding steroid dienone is 1. The first kappa shape index (κ1) is 8.32. The van der Waals surface area contributed by atoms with Gasteiger partial charge in [-0.3, -0.25) is 0 Å². The van der Waals surface area contributed by atoms with E-state index in [9.17, 15) is 0 Å². The maximum Gasteiger partial charge on any atom is 0.130 e. The fraction of sp³-hybridized carbons (Fsp3) is 0.273. The lowest BCUT2D eigenvalue weighted by molar-refractivity contribution is 0.390. The molecule has 13 heavy (non-hydrogen) atoms. The second-order valence-electron chi connectivity index (χ2n) is 3.12. The molecule has 0 amide bonds. The third-order valence-corrected chi connectivity index (χ3v) is 2.15. The van der Waals surface area contributed by atoms with Crippen molar-refractivity contribution >= 4 is 0 Å². The molecule has 0 unspecified atom stereocenters. The highest BCUT2D eigenvalue weighted by molar-refractivity contribution is 5.38. The molecular formula is C11H13NO. The van der Waals surface area contributed by atoms with E-state index in [2.05, 4.69) is 12.1 Å². The van der Waals surface area contributed by atoms with Gasteiger partial charge in [-0.15, -0.1) is 0 Å². The number of nitrogens with two attached hydrogens (primary N) is 1. The minimum Gasteiger partial charge on any atom is -0.462 e. The van der Waals surface area contributed by atoms with Crippen molar-refractivity contribution in [1.29, 1.82) is 0 Å². The molecule has 0 radical (unpaired) electrons. The largest absolute Gasteiger partial charge is 0.462 e. The number of fused-ring (bicyclic) bond motifs is 1. The van der Waals surface area contributed by atoms with Crippen molar-refractivity contribution in [2.45, 2.75) is 12.8 Å². The molecule has 1 aliphatic rings. The molecule has 1 aromatic carbocycles. The number of ether oxygens (including phenoxy) is 1. The van der Waals surface area contributed by atoms with E-state index in [1.165, 1.54) is 5.56 Å². The van der Waals surface area contributed by atoms with Crippen LogP contribution in [0.5, 0.6) is 5.75 Å². The number of hydrogen-bond donors (Lipinski definition) is 1. The van der Waals surface area contributed by atoms with Crippen LogP contribution in [0.25, 0.3) is 0 Å². The summed E-state index contributed by atoms with van der Waals surface area (Å²) in [6.45, 7) is 0.647. The van der Waals surface area contributed by atoms with Gasteiger partial charge in [-0.1, -0.05) is 18.2 Å². The van der Waals surface area contributed by atoms with Crippen LogP contribution in [0.2, 0.25) is 0 Å². The van der Waals surface area contributed by atoms with E-state index in [1.807, 2.05) is 18.2 Å². The van der Waals surface area contributed by atoms with Gasteiger partial charge in [0.15, 0.2) is 0 Å². The molecule has 0 atom stereocenters. The fourth-order valence-electron chi connectivity index (χ4n) is 1.47. The molecule has 0 saturated carbocycles. The van der Waals surface area contributed by atoms with E-state index < -0.39 is 0 Å². The molecule has 2 nitrogen and oxygen atoms in total. The Morgan fingerprint density at radius 1 is 1.31 bits per heavy atom. The van der Waals surface area contributed by atoms with Crippen molar-refractivity contribution in [3.63, 3.8) is 0 Å². The van der Waals surface area contributed by atoms with Gasteiger partial charge in [-0.25, -0.2) is 0 Å². The molecule has 68 valence electrons. The second kappa shape index (κ2) is 3.62. The average Bonchev–Trinajstić information content (AvgIpc) is 2.18. The van der Waals surface area contributed by atoms with Crippen molar-refractivity contribution in [3.05, 3.63) is 41.7 Å². The highest BCUT2D eigenvalue weighted by Gasteiger charge is 2.10. The smallest absolute Gasteiger partial charge is 0.130 e. The first-order valence-corrected chi connectivity index (χ1v) is 4.55. The lowest BCUT2D eigenvalue weighted by atomic mass is 10.1. The van der Waals surface area contributed by atoms with Gasteiger partial charge in [0.2, 0.25) is 0 Å². The zero-order chi connectivity index (χ0) is 9.10. The van der Waals surface area contributed by atoms with Crippen LogP contribution in [0.4, 0.5) is 0 Å². The van der Waals surface area contributed by atoms with Crippen LogP contribution in [0.3, 0.4) is 0 Å². The summed E-state index contributed by atoms with van der Waals surface area (Å²) in [5.41, 5.74) is 6.71. The lowest BCUT2D eigenvalue weighted by Gasteiger charge is -2.17. The number of rotatable bonds is 2. The minimum atomic E-state index is 0.647. The molecule has 1 aliphatic heterocycles. The van der Waals surface area contributed by atoms with Crippen LogP contribution in [-0.2, 0) is 6.42 Å². The Kier molecular flexibility index (Phi) is 2.32. The van der Waals surface area contributed by atoms with E-state index in [1.54, 1.807) is 0 Å². The van der Waals surface area contributed by atoms with Gasteiger partial charge in [0.25, 0.3) is 0 Å². The third kappa shape index (κ3) is 1.73.